The molecule has 2 atom stereocenters. The fourth-order valence-electron chi connectivity index (χ4n) is 3.80. The lowest BCUT2D eigenvalue weighted by Gasteiger charge is -2.38. The van der Waals surface area contributed by atoms with Crippen LogP contribution in [0.3, 0.4) is 0 Å². The van der Waals surface area contributed by atoms with E-state index in [0.29, 0.717) is 12.0 Å². The van der Waals surface area contributed by atoms with Crippen molar-refractivity contribution in [3.63, 3.8) is 0 Å². The van der Waals surface area contributed by atoms with Crippen LogP contribution in [-0.2, 0) is 4.79 Å². The van der Waals surface area contributed by atoms with Crippen molar-refractivity contribution in [1.29, 1.82) is 0 Å². The Balaban J connectivity index is 1.83. The number of carboxylic acid groups (broad SMARTS) is 1. The number of piperidine rings is 1. The molecule has 2 unspecified atom stereocenters. The van der Waals surface area contributed by atoms with Crippen LogP contribution in [0.2, 0.25) is 0 Å². The second-order valence-electron chi connectivity index (χ2n) is 7.47. The van der Waals surface area contributed by atoms with Gasteiger partial charge in [0.1, 0.15) is 0 Å². The van der Waals surface area contributed by atoms with E-state index in [4.69, 9.17) is 0 Å². The minimum Gasteiger partial charge on any atom is -0.481 e. The third-order valence-corrected chi connectivity index (χ3v) is 5.02. The summed E-state index contributed by atoms with van der Waals surface area (Å²) in [5, 5.41) is 13.0. The van der Waals surface area contributed by atoms with E-state index in [9.17, 15) is 9.90 Å². The third-order valence-electron chi connectivity index (χ3n) is 5.02. The third kappa shape index (κ3) is 5.59. The predicted molar refractivity (Wildman–Crippen MR) is 85.4 cm³/mol. The van der Waals surface area contributed by atoms with Crippen LogP contribution < -0.4 is 5.32 Å². The highest BCUT2D eigenvalue weighted by Crippen LogP contribution is 2.27. The van der Waals surface area contributed by atoms with Gasteiger partial charge in [-0.05, 0) is 44.1 Å². The summed E-state index contributed by atoms with van der Waals surface area (Å²) in [6.07, 6.45) is 7.33. The molecule has 21 heavy (non-hydrogen) atoms. The van der Waals surface area contributed by atoms with Crippen LogP contribution in [0.4, 0.5) is 0 Å². The van der Waals surface area contributed by atoms with Gasteiger partial charge in [-0.2, -0.15) is 0 Å². The van der Waals surface area contributed by atoms with Crippen molar-refractivity contribution in [2.75, 3.05) is 26.2 Å². The van der Waals surface area contributed by atoms with E-state index < -0.39 is 5.97 Å². The lowest BCUT2D eigenvalue weighted by molar-refractivity contribution is -0.144. The fourth-order valence-corrected chi connectivity index (χ4v) is 3.80. The van der Waals surface area contributed by atoms with Crippen LogP contribution >= 0.6 is 0 Å². The van der Waals surface area contributed by atoms with E-state index in [1.54, 1.807) is 0 Å². The number of aliphatic carboxylic acids is 1. The molecule has 1 aliphatic heterocycles. The van der Waals surface area contributed by atoms with Crippen molar-refractivity contribution < 1.29 is 9.90 Å². The Morgan fingerprint density at radius 2 is 2.00 bits per heavy atom. The molecular formula is C17H32N2O2. The second kappa shape index (κ2) is 8.14. The molecule has 1 heterocycles. The summed E-state index contributed by atoms with van der Waals surface area (Å²) in [7, 11) is 0. The highest BCUT2D eigenvalue weighted by molar-refractivity contribution is 5.70. The van der Waals surface area contributed by atoms with Crippen LogP contribution in [0.15, 0.2) is 0 Å². The van der Waals surface area contributed by atoms with Crippen molar-refractivity contribution in [1.82, 2.24) is 10.2 Å². The van der Waals surface area contributed by atoms with Gasteiger partial charge in [-0.15, -0.1) is 0 Å². The molecule has 0 radical (unpaired) electrons. The summed E-state index contributed by atoms with van der Waals surface area (Å²) in [5.74, 6) is 0.679. The van der Waals surface area contributed by atoms with Gasteiger partial charge in [0.05, 0.1) is 5.92 Å². The summed E-state index contributed by atoms with van der Waals surface area (Å²) >= 11 is 0. The Bertz CT molecular complexity index is 327. The minimum atomic E-state index is -0.623. The highest BCUT2D eigenvalue weighted by Gasteiger charge is 2.32. The topological polar surface area (TPSA) is 52.6 Å². The van der Waals surface area contributed by atoms with Crippen LogP contribution in [0.5, 0.6) is 0 Å². The lowest BCUT2D eigenvalue weighted by atomic mass is 9.93. The zero-order valence-corrected chi connectivity index (χ0v) is 13.7. The van der Waals surface area contributed by atoms with E-state index in [2.05, 4.69) is 24.1 Å². The van der Waals surface area contributed by atoms with Gasteiger partial charge in [-0.1, -0.05) is 26.7 Å². The highest BCUT2D eigenvalue weighted by atomic mass is 16.4. The minimum absolute atomic E-state index is 0.197. The number of nitrogens with zero attached hydrogens (tertiary/aromatic N) is 1. The van der Waals surface area contributed by atoms with Crippen LogP contribution in [0.25, 0.3) is 0 Å². The Labute approximate surface area is 129 Å². The molecule has 0 bridgehead atoms. The van der Waals surface area contributed by atoms with E-state index in [-0.39, 0.29) is 5.92 Å². The number of hydrogen-bond acceptors (Lipinski definition) is 3. The lowest BCUT2D eigenvalue weighted by Crippen LogP contribution is -2.52. The largest absolute Gasteiger partial charge is 0.481 e. The van der Waals surface area contributed by atoms with Crippen molar-refractivity contribution >= 4 is 5.97 Å². The van der Waals surface area contributed by atoms with Crippen molar-refractivity contribution in [3.8, 4) is 0 Å². The van der Waals surface area contributed by atoms with Gasteiger partial charge >= 0.3 is 5.97 Å². The smallest absolute Gasteiger partial charge is 0.307 e. The summed E-state index contributed by atoms with van der Waals surface area (Å²) in [5.41, 5.74) is 0. The molecule has 4 heteroatoms. The maximum atomic E-state index is 11.4. The molecule has 2 rings (SSSR count). The fraction of sp³-hybridized carbons (Fsp3) is 0.941. The second-order valence-corrected chi connectivity index (χ2v) is 7.47. The number of nitrogens with one attached hydrogen (secondary N) is 1. The molecule has 0 amide bonds. The van der Waals surface area contributed by atoms with Crippen LogP contribution in [-0.4, -0.2) is 48.2 Å². The van der Waals surface area contributed by atoms with E-state index in [1.165, 1.54) is 25.7 Å². The van der Waals surface area contributed by atoms with Crippen LogP contribution in [0, 0.1) is 17.8 Å². The molecule has 0 spiro atoms. The molecule has 2 fully saturated rings. The Morgan fingerprint density at radius 3 is 2.62 bits per heavy atom. The average Bonchev–Trinajstić information content (AvgIpc) is 2.91. The molecular weight excluding hydrogens is 264 g/mol. The van der Waals surface area contributed by atoms with Crippen LogP contribution in [0.1, 0.15) is 52.4 Å². The van der Waals surface area contributed by atoms with E-state index in [1.807, 2.05) is 0 Å². The molecule has 2 aliphatic rings. The Morgan fingerprint density at radius 1 is 1.29 bits per heavy atom. The number of rotatable bonds is 7. The first-order valence-corrected chi connectivity index (χ1v) is 8.73. The van der Waals surface area contributed by atoms with Gasteiger partial charge in [0.25, 0.3) is 0 Å². The number of likely N-dealkylation sites (tertiary alicyclic amines) is 1. The van der Waals surface area contributed by atoms with Gasteiger partial charge in [-0.3, -0.25) is 4.79 Å². The molecule has 2 N–H and O–H groups in total. The molecule has 122 valence electrons. The number of hydrogen-bond donors (Lipinski definition) is 2. The van der Waals surface area contributed by atoms with Gasteiger partial charge in [-0.25, -0.2) is 0 Å². The molecule has 0 aromatic rings. The maximum Gasteiger partial charge on any atom is 0.307 e. The Kier molecular flexibility index (Phi) is 6.49. The number of carboxylic acids is 1. The van der Waals surface area contributed by atoms with E-state index >= 15 is 0 Å². The molecule has 0 aromatic carbocycles. The van der Waals surface area contributed by atoms with E-state index in [0.717, 1.165) is 44.9 Å². The maximum absolute atomic E-state index is 11.4. The first-order chi connectivity index (χ1) is 10.0. The van der Waals surface area contributed by atoms with Gasteiger partial charge in [0.2, 0.25) is 0 Å². The molecule has 1 aliphatic carbocycles. The van der Waals surface area contributed by atoms with Gasteiger partial charge in [0.15, 0.2) is 0 Å². The summed E-state index contributed by atoms with van der Waals surface area (Å²) in [4.78, 5) is 13.8. The Hall–Kier alpha value is -0.610. The predicted octanol–water partition coefficient (Wildman–Crippen LogP) is 2.59. The monoisotopic (exact) mass is 296 g/mol. The zero-order chi connectivity index (χ0) is 15.2. The average molecular weight is 296 g/mol. The molecule has 4 nitrogen and oxygen atoms in total. The first-order valence-electron chi connectivity index (χ1n) is 8.73. The summed E-state index contributed by atoms with van der Waals surface area (Å²) < 4.78 is 0. The SMILES string of the molecule is CC(C)CCNC1CC(C(=O)O)CN(CC2CCCC2)C1. The quantitative estimate of drug-likeness (QED) is 0.758. The number of carbonyl (C=O) groups is 1. The van der Waals surface area contributed by atoms with Gasteiger partial charge < -0.3 is 15.3 Å². The molecule has 1 saturated heterocycles. The summed E-state index contributed by atoms with van der Waals surface area (Å²) in [6.45, 7) is 8.34. The normalized spacial score (nSPS) is 28.3. The zero-order valence-electron chi connectivity index (χ0n) is 13.7. The van der Waals surface area contributed by atoms with Gasteiger partial charge in [0, 0.05) is 25.7 Å². The van der Waals surface area contributed by atoms with Crippen molar-refractivity contribution in [2.45, 2.75) is 58.4 Å². The summed E-state index contributed by atoms with van der Waals surface area (Å²) in [6, 6.07) is 0.347. The molecule has 0 aromatic heterocycles. The first kappa shape index (κ1) is 16.8. The molecule has 1 saturated carbocycles. The van der Waals surface area contributed by atoms with Crippen molar-refractivity contribution in [2.24, 2.45) is 17.8 Å². The van der Waals surface area contributed by atoms with Crippen molar-refractivity contribution in [3.05, 3.63) is 0 Å². The standard InChI is InChI=1S/C17H32N2O2/c1-13(2)7-8-18-16-9-15(17(20)21)11-19(12-16)10-14-5-3-4-6-14/h13-16,18H,3-12H2,1-2H3,(H,20,21).